The maximum atomic E-state index is 12.6. The number of hydrogen-bond acceptors (Lipinski definition) is 5. The lowest BCUT2D eigenvalue weighted by atomic mass is 10.1. The molecule has 26 heavy (non-hydrogen) atoms. The highest BCUT2D eigenvalue weighted by molar-refractivity contribution is 5.77. The van der Waals surface area contributed by atoms with Gasteiger partial charge >= 0.3 is 5.97 Å². The highest BCUT2D eigenvalue weighted by atomic mass is 16.5. The zero-order valence-electron chi connectivity index (χ0n) is 16.0. The summed E-state index contributed by atoms with van der Waals surface area (Å²) in [5.74, 6) is 1.75. The second kappa shape index (κ2) is 10.0. The van der Waals surface area contributed by atoms with Gasteiger partial charge in [0.05, 0.1) is 27.2 Å². The molecule has 0 aliphatic heterocycles. The van der Waals surface area contributed by atoms with Crippen LogP contribution in [0, 0.1) is 5.92 Å². The molecule has 144 valence electrons. The first-order chi connectivity index (χ1) is 12.6. The third-order valence-corrected chi connectivity index (χ3v) is 4.49. The van der Waals surface area contributed by atoms with Crippen LogP contribution in [-0.2, 0) is 20.7 Å². The second-order valence-corrected chi connectivity index (χ2v) is 6.53. The van der Waals surface area contributed by atoms with Crippen LogP contribution in [0.4, 0.5) is 0 Å². The van der Waals surface area contributed by atoms with Crippen LogP contribution in [0.25, 0.3) is 0 Å². The van der Waals surface area contributed by atoms with Gasteiger partial charge in [0.25, 0.3) is 0 Å². The second-order valence-electron chi connectivity index (χ2n) is 6.53. The van der Waals surface area contributed by atoms with Gasteiger partial charge in [0, 0.05) is 19.5 Å². The Morgan fingerprint density at radius 3 is 2.46 bits per heavy atom. The van der Waals surface area contributed by atoms with Crippen molar-refractivity contribution in [2.45, 2.75) is 39.0 Å². The van der Waals surface area contributed by atoms with Crippen molar-refractivity contribution in [3.05, 3.63) is 23.8 Å². The normalized spacial score (nSPS) is 13.2. The van der Waals surface area contributed by atoms with Crippen molar-refractivity contribution in [3.63, 3.8) is 0 Å². The van der Waals surface area contributed by atoms with Gasteiger partial charge in [0.15, 0.2) is 11.5 Å². The maximum absolute atomic E-state index is 12.6. The van der Waals surface area contributed by atoms with E-state index in [2.05, 4.69) is 0 Å². The molecule has 1 aliphatic rings. The van der Waals surface area contributed by atoms with Crippen LogP contribution in [-0.4, -0.2) is 50.7 Å². The number of nitrogens with zero attached hydrogens (tertiary/aromatic N) is 1. The minimum atomic E-state index is -0.249. The predicted molar refractivity (Wildman–Crippen MR) is 98.4 cm³/mol. The molecule has 0 aromatic heterocycles. The molecule has 1 aromatic carbocycles. The number of hydrogen-bond donors (Lipinski definition) is 0. The van der Waals surface area contributed by atoms with Crippen molar-refractivity contribution in [2.75, 3.05) is 33.9 Å². The number of amides is 1. The lowest BCUT2D eigenvalue weighted by molar-refractivity contribution is -0.144. The molecule has 0 spiro atoms. The topological polar surface area (TPSA) is 65.1 Å². The molecular formula is C20H29NO5. The van der Waals surface area contributed by atoms with Gasteiger partial charge in [0.2, 0.25) is 5.91 Å². The Hall–Kier alpha value is -2.24. The van der Waals surface area contributed by atoms with E-state index in [9.17, 15) is 9.59 Å². The fourth-order valence-electron chi connectivity index (χ4n) is 2.83. The van der Waals surface area contributed by atoms with Crippen LogP contribution < -0.4 is 9.47 Å². The number of rotatable bonds is 11. The van der Waals surface area contributed by atoms with Gasteiger partial charge in [-0.25, -0.2) is 0 Å². The van der Waals surface area contributed by atoms with E-state index < -0.39 is 0 Å². The van der Waals surface area contributed by atoms with E-state index in [0.29, 0.717) is 43.4 Å². The highest BCUT2D eigenvalue weighted by Gasteiger charge is 2.27. The summed E-state index contributed by atoms with van der Waals surface area (Å²) < 4.78 is 15.5. The molecule has 1 aliphatic carbocycles. The Morgan fingerprint density at radius 1 is 1.12 bits per heavy atom. The van der Waals surface area contributed by atoms with Crippen molar-refractivity contribution in [1.29, 1.82) is 0 Å². The van der Waals surface area contributed by atoms with E-state index in [0.717, 1.165) is 12.1 Å². The monoisotopic (exact) mass is 363 g/mol. The Kier molecular flexibility index (Phi) is 7.75. The molecule has 6 heteroatoms. The zero-order valence-corrected chi connectivity index (χ0v) is 16.0. The number of aryl methyl sites for hydroxylation is 1. The van der Waals surface area contributed by atoms with E-state index in [1.54, 1.807) is 21.1 Å². The summed E-state index contributed by atoms with van der Waals surface area (Å²) in [6.45, 7) is 3.33. The van der Waals surface area contributed by atoms with Crippen LogP contribution in [0.3, 0.4) is 0 Å². The minimum Gasteiger partial charge on any atom is -0.493 e. The van der Waals surface area contributed by atoms with Crippen LogP contribution in [0.15, 0.2) is 18.2 Å². The molecular weight excluding hydrogens is 334 g/mol. The van der Waals surface area contributed by atoms with Gasteiger partial charge in [-0.3, -0.25) is 9.59 Å². The molecule has 1 amide bonds. The highest BCUT2D eigenvalue weighted by Crippen LogP contribution is 2.30. The lowest BCUT2D eigenvalue weighted by Crippen LogP contribution is -2.35. The Bertz CT molecular complexity index is 612. The van der Waals surface area contributed by atoms with E-state index in [1.165, 1.54) is 12.8 Å². The van der Waals surface area contributed by atoms with E-state index in [4.69, 9.17) is 14.2 Å². The van der Waals surface area contributed by atoms with Crippen molar-refractivity contribution in [2.24, 2.45) is 5.92 Å². The number of methoxy groups -OCH3 is 2. The third-order valence-electron chi connectivity index (χ3n) is 4.49. The lowest BCUT2D eigenvalue weighted by Gasteiger charge is -2.22. The molecule has 0 unspecified atom stereocenters. The summed E-state index contributed by atoms with van der Waals surface area (Å²) in [4.78, 5) is 26.1. The number of carbonyl (C=O) groups excluding carboxylic acids is 2. The standard InChI is InChI=1S/C20H29NO5/c1-4-26-20(23)11-12-21(14-16-5-6-16)19(22)10-8-15-7-9-17(24-2)18(13-15)25-3/h7,9,13,16H,4-6,8,10-12,14H2,1-3H3. The molecule has 0 heterocycles. The van der Waals surface area contributed by atoms with Crippen molar-refractivity contribution >= 4 is 11.9 Å². The summed E-state index contributed by atoms with van der Waals surface area (Å²) >= 11 is 0. The number of ether oxygens (including phenoxy) is 3. The number of carbonyl (C=O) groups is 2. The Labute approximate surface area is 155 Å². The van der Waals surface area contributed by atoms with Crippen LogP contribution in [0.1, 0.15) is 38.2 Å². The summed E-state index contributed by atoms with van der Waals surface area (Å²) in [6.07, 6.45) is 3.62. The van der Waals surface area contributed by atoms with Gasteiger partial charge < -0.3 is 19.1 Å². The van der Waals surface area contributed by atoms with Gasteiger partial charge in [-0.2, -0.15) is 0 Å². The Morgan fingerprint density at radius 2 is 1.85 bits per heavy atom. The van der Waals surface area contributed by atoms with Gasteiger partial charge in [-0.05, 0) is 49.8 Å². The molecule has 1 saturated carbocycles. The Balaban J connectivity index is 1.90. The molecule has 0 bridgehead atoms. The minimum absolute atomic E-state index is 0.0796. The first kappa shape index (κ1) is 20.1. The van der Waals surface area contributed by atoms with Gasteiger partial charge in [-0.1, -0.05) is 6.07 Å². The van der Waals surface area contributed by atoms with Gasteiger partial charge in [0.1, 0.15) is 0 Å². The fraction of sp³-hybridized carbons (Fsp3) is 0.600. The fourth-order valence-corrected chi connectivity index (χ4v) is 2.83. The summed E-state index contributed by atoms with van der Waals surface area (Å²) in [5.41, 5.74) is 1.02. The van der Waals surface area contributed by atoms with E-state index in [-0.39, 0.29) is 18.3 Å². The first-order valence-corrected chi connectivity index (χ1v) is 9.21. The molecule has 0 radical (unpaired) electrons. The summed E-state index contributed by atoms with van der Waals surface area (Å²) in [5, 5.41) is 0. The molecule has 1 aromatic rings. The number of esters is 1. The van der Waals surface area contributed by atoms with Crippen molar-refractivity contribution < 1.29 is 23.8 Å². The van der Waals surface area contributed by atoms with Crippen LogP contribution in [0.2, 0.25) is 0 Å². The maximum Gasteiger partial charge on any atom is 0.307 e. The first-order valence-electron chi connectivity index (χ1n) is 9.21. The third kappa shape index (κ3) is 6.24. The average Bonchev–Trinajstić information content (AvgIpc) is 3.47. The molecule has 0 saturated heterocycles. The predicted octanol–water partition coefficient (Wildman–Crippen LogP) is 2.83. The van der Waals surface area contributed by atoms with Crippen molar-refractivity contribution in [1.82, 2.24) is 4.90 Å². The summed E-state index contributed by atoms with van der Waals surface area (Å²) in [6, 6.07) is 5.69. The van der Waals surface area contributed by atoms with E-state index >= 15 is 0 Å². The molecule has 0 N–H and O–H groups in total. The summed E-state index contributed by atoms with van der Waals surface area (Å²) in [7, 11) is 3.19. The molecule has 1 fully saturated rings. The smallest absolute Gasteiger partial charge is 0.307 e. The average molecular weight is 363 g/mol. The van der Waals surface area contributed by atoms with Crippen molar-refractivity contribution in [3.8, 4) is 11.5 Å². The van der Waals surface area contributed by atoms with Crippen LogP contribution in [0.5, 0.6) is 11.5 Å². The van der Waals surface area contributed by atoms with E-state index in [1.807, 2.05) is 23.1 Å². The zero-order chi connectivity index (χ0) is 18.9. The van der Waals surface area contributed by atoms with Crippen LogP contribution >= 0.6 is 0 Å². The number of benzene rings is 1. The SMILES string of the molecule is CCOC(=O)CCN(CC1CC1)C(=O)CCc1ccc(OC)c(OC)c1. The molecule has 6 nitrogen and oxygen atoms in total. The van der Waals surface area contributed by atoms with Gasteiger partial charge in [-0.15, -0.1) is 0 Å². The molecule has 2 rings (SSSR count). The largest absolute Gasteiger partial charge is 0.493 e. The quantitative estimate of drug-likeness (QED) is 0.566. The molecule has 0 atom stereocenters.